The van der Waals surface area contributed by atoms with Gasteiger partial charge in [-0.15, -0.1) is 0 Å². The fraction of sp³-hybridized carbons (Fsp3) is 0.545. The van der Waals surface area contributed by atoms with Crippen LogP contribution in [0.1, 0.15) is 12.8 Å². The highest BCUT2D eigenvalue weighted by Crippen LogP contribution is 2.40. The molecule has 17 heavy (non-hydrogen) atoms. The van der Waals surface area contributed by atoms with Gasteiger partial charge >= 0.3 is 6.18 Å². The highest BCUT2D eigenvalue weighted by atomic mass is 19.4. The molecule has 0 amide bonds. The number of hydrogen-bond donors (Lipinski definition) is 1. The number of ether oxygens (including phenoxy) is 1. The molecule has 1 aromatic heterocycles. The molecule has 1 fully saturated rings. The van der Waals surface area contributed by atoms with Crippen LogP contribution in [0.15, 0.2) is 24.4 Å². The summed E-state index contributed by atoms with van der Waals surface area (Å²) in [4.78, 5) is 3.79. The molecule has 1 aliphatic heterocycles. The van der Waals surface area contributed by atoms with Gasteiger partial charge in [0, 0.05) is 25.1 Å². The average molecular weight is 246 g/mol. The molecule has 0 saturated carbocycles. The van der Waals surface area contributed by atoms with Gasteiger partial charge in [0.15, 0.2) is 0 Å². The van der Waals surface area contributed by atoms with Crippen LogP contribution in [0.25, 0.3) is 0 Å². The molecule has 94 valence electrons. The molecular weight excluding hydrogens is 233 g/mol. The number of aromatic nitrogens is 1. The Labute approximate surface area is 97.0 Å². The molecule has 0 atom stereocenters. The zero-order valence-electron chi connectivity index (χ0n) is 9.13. The van der Waals surface area contributed by atoms with Gasteiger partial charge in [-0.1, -0.05) is 6.07 Å². The van der Waals surface area contributed by atoms with Gasteiger partial charge in [0.25, 0.3) is 0 Å². The summed E-state index contributed by atoms with van der Waals surface area (Å²) in [5, 5.41) is 2.90. The molecule has 1 N–H and O–H groups in total. The zero-order valence-corrected chi connectivity index (χ0v) is 9.13. The number of rotatable bonds is 2. The number of nitrogens with zero attached hydrogens (tertiary/aromatic N) is 1. The number of halogens is 3. The Morgan fingerprint density at radius 1 is 1.24 bits per heavy atom. The van der Waals surface area contributed by atoms with E-state index in [-0.39, 0.29) is 18.7 Å². The highest BCUT2D eigenvalue weighted by Gasteiger charge is 2.57. The lowest BCUT2D eigenvalue weighted by Crippen LogP contribution is -2.56. The van der Waals surface area contributed by atoms with Crippen LogP contribution in [0.2, 0.25) is 0 Å². The van der Waals surface area contributed by atoms with Crippen molar-refractivity contribution in [3.63, 3.8) is 0 Å². The van der Waals surface area contributed by atoms with Crippen molar-refractivity contribution in [2.45, 2.75) is 24.6 Å². The Kier molecular flexibility index (Phi) is 3.24. The van der Waals surface area contributed by atoms with Crippen molar-refractivity contribution in [1.29, 1.82) is 0 Å². The minimum Gasteiger partial charge on any atom is -0.461 e. The van der Waals surface area contributed by atoms with Crippen molar-refractivity contribution in [3.8, 4) is 5.88 Å². The van der Waals surface area contributed by atoms with Crippen LogP contribution >= 0.6 is 0 Å². The quantitative estimate of drug-likeness (QED) is 0.868. The lowest BCUT2D eigenvalue weighted by molar-refractivity contribution is -0.257. The summed E-state index contributed by atoms with van der Waals surface area (Å²) in [5.41, 5.74) is -2.10. The van der Waals surface area contributed by atoms with E-state index in [1.54, 1.807) is 12.1 Å². The van der Waals surface area contributed by atoms with E-state index in [2.05, 4.69) is 10.3 Å². The van der Waals surface area contributed by atoms with E-state index in [1.165, 1.54) is 12.3 Å². The van der Waals surface area contributed by atoms with Crippen LogP contribution in [0.4, 0.5) is 13.2 Å². The predicted octanol–water partition coefficient (Wildman–Crippen LogP) is 2.14. The second-order valence-electron chi connectivity index (χ2n) is 4.01. The molecule has 0 unspecified atom stereocenters. The summed E-state index contributed by atoms with van der Waals surface area (Å²) < 4.78 is 44.4. The molecule has 3 nitrogen and oxygen atoms in total. The Morgan fingerprint density at radius 3 is 2.47 bits per heavy atom. The monoisotopic (exact) mass is 246 g/mol. The van der Waals surface area contributed by atoms with Crippen LogP contribution in [-0.4, -0.2) is 29.9 Å². The third kappa shape index (κ3) is 2.52. The van der Waals surface area contributed by atoms with Crippen molar-refractivity contribution in [3.05, 3.63) is 24.4 Å². The van der Waals surface area contributed by atoms with E-state index >= 15 is 0 Å². The van der Waals surface area contributed by atoms with E-state index in [0.29, 0.717) is 13.1 Å². The van der Waals surface area contributed by atoms with Crippen molar-refractivity contribution in [2.24, 2.45) is 0 Å². The SMILES string of the molecule is FC(F)(F)C1(Oc2ccccn2)CCNCC1. The molecule has 1 saturated heterocycles. The third-order valence-electron chi connectivity index (χ3n) is 2.87. The molecule has 1 aliphatic rings. The van der Waals surface area contributed by atoms with Crippen LogP contribution < -0.4 is 10.1 Å². The largest absolute Gasteiger partial charge is 0.461 e. The summed E-state index contributed by atoms with van der Waals surface area (Å²) >= 11 is 0. The van der Waals surface area contributed by atoms with E-state index in [0.717, 1.165) is 0 Å². The first-order valence-electron chi connectivity index (χ1n) is 5.41. The lowest BCUT2D eigenvalue weighted by Gasteiger charge is -2.38. The van der Waals surface area contributed by atoms with Gasteiger partial charge in [-0.25, -0.2) is 4.98 Å². The summed E-state index contributed by atoms with van der Waals surface area (Å²) in [5.74, 6) is 0.0201. The summed E-state index contributed by atoms with van der Waals surface area (Å²) in [6, 6.07) is 4.68. The minimum absolute atomic E-state index is 0.0201. The van der Waals surface area contributed by atoms with E-state index < -0.39 is 11.8 Å². The lowest BCUT2D eigenvalue weighted by atomic mass is 9.91. The predicted molar refractivity (Wildman–Crippen MR) is 55.8 cm³/mol. The second kappa shape index (κ2) is 4.52. The summed E-state index contributed by atoms with van der Waals surface area (Å²) in [6.07, 6.45) is -3.15. The van der Waals surface area contributed by atoms with Crippen molar-refractivity contribution < 1.29 is 17.9 Å². The minimum atomic E-state index is -4.38. The van der Waals surface area contributed by atoms with Gasteiger partial charge in [0.1, 0.15) is 0 Å². The smallest absolute Gasteiger partial charge is 0.428 e. The molecular formula is C11H13F3N2O. The summed E-state index contributed by atoms with van der Waals surface area (Å²) in [6.45, 7) is 0.596. The first-order chi connectivity index (χ1) is 8.04. The Hall–Kier alpha value is -1.30. The van der Waals surface area contributed by atoms with Gasteiger partial charge in [0.2, 0.25) is 11.5 Å². The van der Waals surface area contributed by atoms with Crippen LogP contribution in [0, 0.1) is 0 Å². The number of pyridine rings is 1. The van der Waals surface area contributed by atoms with Crippen LogP contribution in [0.3, 0.4) is 0 Å². The van der Waals surface area contributed by atoms with Crippen molar-refractivity contribution in [1.82, 2.24) is 10.3 Å². The number of alkyl halides is 3. The third-order valence-corrected chi connectivity index (χ3v) is 2.87. The number of piperidine rings is 1. The molecule has 0 spiro atoms. The topological polar surface area (TPSA) is 34.1 Å². The van der Waals surface area contributed by atoms with E-state index in [4.69, 9.17) is 4.74 Å². The van der Waals surface area contributed by atoms with Gasteiger partial charge < -0.3 is 10.1 Å². The van der Waals surface area contributed by atoms with Gasteiger partial charge in [-0.3, -0.25) is 0 Å². The Morgan fingerprint density at radius 2 is 1.94 bits per heavy atom. The molecule has 0 aromatic carbocycles. The van der Waals surface area contributed by atoms with E-state index in [1.807, 2.05) is 0 Å². The first kappa shape index (κ1) is 12.2. The van der Waals surface area contributed by atoms with Crippen LogP contribution in [0.5, 0.6) is 5.88 Å². The highest BCUT2D eigenvalue weighted by molar-refractivity contribution is 5.12. The first-order valence-corrected chi connectivity index (χ1v) is 5.41. The molecule has 1 aromatic rings. The maximum absolute atomic E-state index is 13.1. The van der Waals surface area contributed by atoms with E-state index in [9.17, 15) is 13.2 Å². The number of hydrogen-bond acceptors (Lipinski definition) is 3. The molecule has 0 bridgehead atoms. The normalized spacial score (nSPS) is 19.9. The van der Waals surface area contributed by atoms with Crippen molar-refractivity contribution >= 4 is 0 Å². The average Bonchev–Trinajstić information content (AvgIpc) is 2.30. The van der Waals surface area contributed by atoms with Crippen molar-refractivity contribution in [2.75, 3.05) is 13.1 Å². The van der Waals surface area contributed by atoms with Gasteiger partial charge in [0.05, 0.1) is 0 Å². The maximum Gasteiger partial charge on any atom is 0.428 e. The molecule has 0 radical (unpaired) electrons. The second-order valence-corrected chi connectivity index (χ2v) is 4.01. The Bertz CT molecular complexity index is 361. The zero-order chi connectivity index (χ0) is 12.4. The summed E-state index contributed by atoms with van der Waals surface area (Å²) in [7, 11) is 0. The fourth-order valence-electron chi connectivity index (χ4n) is 1.88. The van der Waals surface area contributed by atoms with Gasteiger partial charge in [-0.2, -0.15) is 13.2 Å². The molecule has 2 heterocycles. The molecule has 0 aliphatic carbocycles. The standard InChI is InChI=1S/C11H13F3N2O/c12-11(13,14)10(4-7-15-8-5-10)17-9-3-1-2-6-16-9/h1-3,6,15H,4-5,7-8H2. The van der Waals surface area contributed by atoms with Crippen LogP contribution in [-0.2, 0) is 0 Å². The molecule has 2 rings (SSSR count). The fourth-order valence-corrected chi connectivity index (χ4v) is 1.88. The maximum atomic E-state index is 13.1. The Balaban J connectivity index is 2.22. The van der Waals surface area contributed by atoms with Gasteiger partial charge in [-0.05, 0) is 19.2 Å². The molecule has 6 heteroatoms. The number of nitrogens with one attached hydrogen (secondary N) is 1.